The third-order valence-corrected chi connectivity index (χ3v) is 5.00. The van der Waals surface area contributed by atoms with Gasteiger partial charge in [0.1, 0.15) is 12.4 Å². The molecule has 26 heavy (non-hydrogen) atoms. The molecule has 0 aromatic heterocycles. The Morgan fingerprint density at radius 2 is 2.04 bits per heavy atom. The van der Waals surface area contributed by atoms with Crippen LogP contribution >= 0.6 is 15.9 Å². The standard InChI is InChI=1S/C19H18BrFN2O3/c20-15-8-4-7-14(18(15)21)11-17-16(22-25)9-10-23(17)19(24)26-12-13-5-2-1-3-6-13/h1-8,17,25H,9-12H2. The van der Waals surface area contributed by atoms with Gasteiger partial charge in [0.2, 0.25) is 0 Å². The molecule has 1 aliphatic heterocycles. The average Bonchev–Trinajstić information content (AvgIpc) is 3.07. The van der Waals surface area contributed by atoms with Crippen molar-refractivity contribution < 1.29 is 19.1 Å². The molecule has 1 saturated heterocycles. The summed E-state index contributed by atoms with van der Waals surface area (Å²) < 4.78 is 20.0. The molecule has 0 radical (unpaired) electrons. The number of halogens is 2. The first-order valence-corrected chi connectivity index (χ1v) is 9.00. The number of carbonyl (C=O) groups excluding carboxylic acids is 1. The third kappa shape index (κ3) is 4.04. The number of hydrogen-bond acceptors (Lipinski definition) is 4. The van der Waals surface area contributed by atoms with Gasteiger partial charge in [0, 0.05) is 19.4 Å². The second-order valence-corrected chi connectivity index (χ2v) is 6.86. The summed E-state index contributed by atoms with van der Waals surface area (Å²) in [7, 11) is 0. The minimum absolute atomic E-state index is 0.153. The van der Waals surface area contributed by atoms with Gasteiger partial charge in [-0.2, -0.15) is 0 Å². The van der Waals surface area contributed by atoms with Gasteiger partial charge in [0.05, 0.1) is 16.2 Å². The summed E-state index contributed by atoms with van der Waals surface area (Å²) in [5.74, 6) is -0.380. The molecule has 3 rings (SSSR count). The van der Waals surface area contributed by atoms with Crippen molar-refractivity contribution in [2.45, 2.75) is 25.5 Å². The fourth-order valence-corrected chi connectivity index (χ4v) is 3.42. The molecule has 0 saturated carbocycles. The van der Waals surface area contributed by atoms with Crippen molar-refractivity contribution in [1.82, 2.24) is 4.90 Å². The van der Waals surface area contributed by atoms with Crippen molar-refractivity contribution in [3.05, 3.63) is 69.9 Å². The highest BCUT2D eigenvalue weighted by atomic mass is 79.9. The fraction of sp³-hybridized carbons (Fsp3) is 0.263. The first kappa shape index (κ1) is 18.4. The van der Waals surface area contributed by atoms with Gasteiger partial charge in [0.25, 0.3) is 0 Å². The Bertz CT molecular complexity index is 814. The zero-order valence-corrected chi connectivity index (χ0v) is 15.5. The Hall–Kier alpha value is -2.41. The Morgan fingerprint density at radius 1 is 1.27 bits per heavy atom. The quantitative estimate of drug-likeness (QED) is 0.589. The van der Waals surface area contributed by atoms with Crippen molar-refractivity contribution in [3.63, 3.8) is 0 Å². The van der Waals surface area contributed by atoms with Crippen LogP contribution in [0.15, 0.2) is 58.2 Å². The highest BCUT2D eigenvalue weighted by molar-refractivity contribution is 9.10. The lowest BCUT2D eigenvalue weighted by molar-refractivity contribution is 0.0954. The van der Waals surface area contributed by atoms with Crippen LogP contribution in [-0.4, -0.2) is 34.5 Å². The van der Waals surface area contributed by atoms with Crippen LogP contribution in [0.3, 0.4) is 0 Å². The van der Waals surface area contributed by atoms with Gasteiger partial charge in [-0.05, 0) is 33.1 Å². The summed E-state index contributed by atoms with van der Waals surface area (Å²) in [5.41, 5.74) is 1.76. The predicted octanol–water partition coefficient (Wildman–Crippen LogP) is 4.37. The summed E-state index contributed by atoms with van der Waals surface area (Å²) in [6, 6.07) is 13.8. The number of carbonyl (C=O) groups is 1. The number of ether oxygens (including phenoxy) is 1. The van der Waals surface area contributed by atoms with Gasteiger partial charge < -0.3 is 9.94 Å². The Morgan fingerprint density at radius 3 is 2.77 bits per heavy atom. The van der Waals surface area contributed by atoms with Gasteiger partial charge in [-0.25, -0.2) is 9.18 Å². The van der Waals surface area contributed by atoms with E-state index in [9.17, 15) is 14.4 Å². The van der Waals surface area contributed by atoms with E-state index in [0.717, 1.165) is 5.56 Å². The van der Waals surface area contributed by atoms with Gasteiger partial charge in [-0.3, -0.25) is 4.90 Å². The SMILES string of the molecule is O=C(OCc1ccccc1)N1CCC(=NO)C1Cc1cccc(Br)c1F. The van der Waals surface area contributed by atoms with E-state index in [0.29, 0.717) is 28.7 Å². The van der Waals surface area contributed by atoms with E-state index in [2.05, 4.69) is 21.1 Å². The fourth-order valence-electron chi connectivity index (χ4n) is 3.02. The lowest BCUT2D eigenvalue weighted by atomic mass is 10.0. The average molecular weight is 421 g/mol. The van der Waals surface area contributed by atoms with Crippen molar-refractivity contribution in [2.24, 2.45) is 5.16 Å². The maximum Gasteiger partial charge on any atom is 0.410 e. The number of rotatable bonds is 4. The molecule has 2 aromatic rings. The number of hydrogen-bond donors (Lipinski definition) is 1. The molecular formula is C19H18BrFN2O3. The Labute approximate surface area is 159 Å². The molecule has 0 bridgehead atoms. The molecule has 5 nitrogen and oxygen atoms in total. The van der Waals surface area contributed by atoms with E-state index in [-0.39, 0.29) is 18.8 Å². The van der Waals surface area contributed by atoms with Crippen LogP contribution in [0.4, 0.5) is 9.18 Å². The first-order chi connectivity index (χ1) is 12.6. The minimum atomic E-state index is -0.535. The van der Waals surface area contributed by atoms with E-state index in [1.807, 2.05) is 30.3 Å². The van der Waals surface area contributed by atoms with Crippen LogP contribution in [0.25, 0.3) is 0 Å². The van der Waals surface area contributed by atoms with Crippen LogP contribution in [0.2, 0.25) is 0 Å². The van der Waals surface area contributed by atoms with Crippen molar-refractivity contribution in [3.8, 4) is 0 Å². The predicted molar refractivity (Wildman–Crippen MR) is 98.8 cm³/mol. The lowest BCUT2D eigenvalue weighted by Gasteiger charge is -2.24. The second kappa shape index (κ2) is 8.31. The Kier molecular flexibility index (Phi) is 5.88. The smallest absolute Gasteiger partial charge is 0.410 e. The monoisotopic (exact) mass is 420 g/mol. The third-order valence-electron chi connectivity index (χ3n) is 4.38. The molecule has 2 aromatic carbocycles. The molecule has 1 atom stereocenters. The molecule has 1 N–H and O–H groups in total. The number of oxime groups is 1. The van der Waals surface area contributed by atoms with Crippen molar-refractivity contribution >= 4 is 27.7 Å². The van der Waals surface area contributed by atoms with Gasteiger partial charge in [-0.1, -0.05) is 47.6 Å². The molecule has 1 amide bonds. The molecule has 0 spiro atoms. The van der Waals surface area contributed by atoms with E-state index in [4.69, 9.17) is 4.74 Å². The minimum Gasteiger partial charge on any atom is -0.445 e. The summed E-state index contributed by atoms with van der Waals surface area (Å²) in [6.07, 6.45) is 0.135. The van der Waals surface area contributed by atoms with E-state index in [1.54, 1.807) is 18.2 Å². The highest BCUT2D eigenvalue weighted by Gasteiger charge is 2.36. The van der Waals surface area contributed by atoms with E-state index >= 15 is 0 Å². The molecule has 0 aliphatic carbocycles. The topological polar surface area (TPSA) is 62.1 Å². The molecule has 136 valence electrons. The van der Waals surface area contributed by atoms with Gasteiger partial charge >= 0.3 is 6.09 Å². The molecular weight excluding hydrogens is 403 g/mol. The largest absolute Gasteiger partial charge is 0.445 e. The van der Waals surface area contributed by atoms with Crippen molar-refractivity contribution in [1.29, 1.82) is 0 Å². The second-order valence-electron chi connectivity index (χ2n) is 6.01. The molecule has 7 heteroatoms. The van der Waals surface area contributed by atoms with Crippen LogP contribution in [0.5, 0.6) is 0 Å². The normalized spacial score (nSPS) is 18.3. The summed E-state index contributed by atoms with van der Waals surface area (Å²) in [4.78, 5) is 14.0. The number of nitrogens with zero attached hydrogens (tertiary/aromatic N) is 2. The first-order valence-electron chi connectivity index (χ1n) is 8.21. The molecule has 1 aliphatic rings. The van der Waals surface area contributed by atoms with Gasteiger partial charge in [-0.15, -0.1) is 0 Å². The number of benzene rings is 2. The van der Waals surface area contributed by atoms with E-state index < -0.39 is 12.1 Å². The van der Waals surface area contributed by atoms with Crippen LogP contribution in [0, 0.1) is 5.82 Å². The van der Waals surface area contributed by atoms with Crippen LogP contribution < -0.4 is 0 Å². The highest BCUT2D eigenvalue weighted by Crippen LogP contribution is 2.25. The lowest BCUT2D eigenvalue weighted by Crippen LogP contribution is -2.40. The number of likely N-dealkylation sites (tertiary alicyclic amines) is 1. The van der Waals surface area contributed by atoms with Crippen LogP contribution in [-0.2, 0) is 17.8 Å². The van der Waals surface area contributed by atoms with Gasteiger partial charge in [0.15, 0.2) is 0 Å². The molecule has 1 unspecified atom stereocenters. The van der Waals surface area contributed by atoms with Crippen molar-refractivity contribution in [2.75, 3.05) is 6.54 Å². The van der Waals surface area contributed by atoms with E-state index in [1.165, 1.54) is 4.90 Å². The molecule has 1 fully saturated rings. The van der Waals surface area contributed by atoms with Crippen LogP contribution in [0.1, 0.15) is 17.5 Å². The summed E-state index contributed by atoms with van der Waals surface area (Å²) in [5, 5.41) is 12.6. The number of amides is 1. The molecule has 1 heterocycles. The summed E-state index contributed by atoms with van der Waals surface area (Å²) in [6.45, 7) is 0.521. The maximum atomic E-state index is 14.3. The summed E-state index contributed by atoms with van der Waals surface area (Å²) >= 11 is 3.16. The maximum absolute atomic E-state index is 14.3. The zero-order valence-electron chi connectivity index (χ0n) is 13.9. The zero-order chi connectivity index (χ0) is 18.5. The Balaban J connectivity index is 1.73.